The molecule has 2 aromatic heterocycles. The summed E-state index contributed by atoms with van der Waals surface area (Å²) in [6, 6.07) is 11.4. The number of nitrogens with zero attached hydrogens (tertiary/aromatic N) is 3. The molecule has 0 radical (unpaired) electrons. The first-order valence-electron chi connectivity index (χ1n) is 8.92. The normalized spacial score (nSPS) is 11.5. The number of oxazole rings is 1. The average Bonchev–Trinajstić information content (AvgIpc) is 2.99. The Morgan fingerprint density at radius 3 is 2.58 bits per heavy atom. The number of hydrogen-bond donors (Lipinski definition) is 3. The van der Waals surface area contributed by atoms with Gasteiger partial charge in [0, 0.05) is 12.7 Å². The fourth-order valence-corrected chi connectivity index (χ4v) is 3.43. The van der Waals surface area contributed by atoms with Crippen molar-refractivity contribution in [2.24, 2.45) is 7.05 Å². The average molecular weight is 444 g/mol. The van der Waals surface area contributed by atoms with Crippen molar-refractivity contribution in [1.29, 1.82) is 0 Å². The molecule has 2 heterocycles. The summed E-state index contributed by atoms with van der Waals surface area (Å²) in [7, 11) is -1.94. The minimum atomic E-state index is -3.50. The van der Waals surface area contributed by atoms with E-state index < -0.39 is 21.6 Å². The molecule has 4 rings (SSSR count). The number of halogens is 1. The molecule has 0 atom stereocenters. The summed E-state index contributed by atoms with van der Waals surface area (Å²) >= 11 is 0. The highest BCUT2D eigenvalue weighted by molar-refractivity contribution is 7.92. The Kier molecular flexibility index (Phi) is 5.07. The van der Waals surface area contributed by atoms with Crippen molar-refractivity contribution < 1.29 is 17.2 Å². The van der Waals surface area contributed by atoms with Gasteiger partial charge in [-0.1, -0.05) is 12.1 Å². The number of sulfonamides is 1. The van der Waals surface area contributed by atoms with Crippen LogP contribution in [0.4, 0.5) is 33.2 Å². The smallest absolute Gasteiger partial charge is 0.408 e. The maximum absolute atomic E-state index is 14.3. The predicted molar refractivity (Wildman–Crippen MR) is 115 cm³/mol. The summed E-state index contributed by atoms with van der Waals surface area (Å²) < 4.78 is 46.2. The lowest BCUT2D eigenvalue weighted by molar-refractivity contribution is 0.528. The van der Waals surface area contributed by atoms with E-state index in [1.165, 1.54) is 4.57 Å². The van der Waals surface area contributed by atoms with E-state index in [4.69, 9.17) is 4.42 Å². The van der Waals surface area contributed by atoms with Gasteiger partial charge in [-0.25, -0.2) is 22.6 Å². The van der Waals surface area contributed by atoms with Crippen molar-refractivity contribution in [1.82, 2.24) is 14.5 Å². The van der Waals surface area contributed by atoms with Gasteiger partial charge in [0.2, 0.25) is 16.0 Å². The fourth-order valence-electron chi connectivity index (χ4n) is 2.86. The molecule has 0 aliphatic carbocycles. The van der Waals surface area contributed by atoms with E-state index in [0.29, 0.717) is 28.2 Å². The molecule has 0 saturated heterocycles. The van der Waals surface area contributed by atoms with Gasteiger partial charge in [0.1, 0.15) is 0 Å². The molecule has 12 heteroatoms. The van der Waals surface area contributed by atoms with Gasteiger partial charge >= 0.3 is 5.76 Å². The van der Waals surface area contributed by atoms with E-state index in [0.717, 1.165) is 12.5 Å². The molecule has 0 spiro atoms. The Bertz CT molecular complexity index is 1450. The third-order valence-corrected chi connectivity index (χ3v) is 4.86. The van der Waals surface area contributed by atoms with Crippen LogP contribution in [0.5, 0.6) is 0 Å². The molecule has 4 aromatic rings. The molecule has 0 amide bonds. The van der Waals surface area contributed by atoms with Crippen LogP contribution in [0.1, 0.15) is 0 Å². The van der Waals surface area contributed by atoms with E-state index >= 15 is 0 Å². The van der Waals surface area contributed by atoms with Crippen molar-refractivity contribution >= 4 is 50.0 Å². The predicted octanol–water partition coefficient (Wildman–Crippen LogP) is 2.92. The summed E-state index contributed by atoms with van der Waals surface area (Å²) in [5.41, 5.74) is 2.09. The standard InChI is InChI=1S/C19H17FN6O4S/c1-26-15-9-11(7-8-16(15)30-19(26)27)22-17-12(20)10-21-18(24-17)23-13-5-3-4-6-14(13)25-31(2,28)29/h3-10,25H,1-2H3,(H2,21,22,23,24). The second-order valence-electron chi connectivity index (χ2n) is 6.67. The maximum Gasteiger partial charge on any atom is 0.419 e. The van der Waals surface area contributed by atoms with Gasteiger partial charge in [-0.05, 0) is 30.3 Å². The van der Waals surface area contributed by atoms with Crippen LogP contribution in [0.25, 0.3) is 11.1 Å². The van der Waals surface area contributed by atoms with E-state index in [-0.39, 0.29) is 11.8 Å². The van der Waals surface area contributed by atoms with E-state index in [1.807, 2.05) is 0 Å². The van der Waals surface area contributed by atoms with Gasteiger partial charge in [-0.15, -0.1) is 0 Å². The molecule has 3 N–H and O–H groups in total. The largest absolute Gasteiger partial charge is 0.419 e. The second-order valence-corrected chi connectivity index (χ2v) is 8.42. The summed E-state index contributed by atoms with van der Waals surface area (Å²) in [5, 5.41) is 5.72. The number of fused-ring (bicyclic) bond motifs is 1. The lowest BCUT2D eigenvalue weighted by Crippen LogP contribution is -2.11. The molecule has 0 aliphatic rings. The monoisotopic (exact) mass is 444 g/mol. The molecule has 0 bridgehead atoms. The molecule has 10 nitrogen and oxygen atoms in total. The zero-order chi connectivity index (χ0) is 22.2. The van der Waals surface area contributed by atoms with Gasteiger partial charge in [0.05, 0.1) is 29.3 Å². The molecule has 0 unspecified atom stereocenters. The highest BCUT2D eigenvalue weighted by Crippen LogP contribution is 2.27. The highest BCUT2D eigenvalue weighted by atomic mass is 32.2. The van der Waals surface area contributed by atoms with Crippen molar-refractivity contribution in [2.75, 3.05) is 21.6 Å². The Labute approximate surface area is 175 Å². The number of benzene rings is 2. The SMILES string of the molecule is Cn1c(=O)oc2ccc(Nc3nc(Nc4ccccc4NS(C)(=O)=O)ncc3F)cc21. The van der Waals surface area contributed by atoms with Crippen LogP contribution < -0.4 is 21.1 Å². The number of hydrogen-bond acceptors (Lipinski definition) is 8. The Morgan fingerprint density at radius 2 is 1.84 bits per heavy atom. The summed E-state index contributed by atoms with van der Waals surface area (Å²) in [6.07, 6.45) is 2.02. The Balaban J connectivity index is 1.63. The molecule has 0 fully saturated rings. The van der Waals surface area contributed by atoms with Crippen LogP contribution in [0.15, 0.2) is 57.9 Å². The lowest BCUT2D eigenvalue weighted by Gasteiger charge is -2.13. The van der Waals surface area contributed by atoms with Crippen LogP contribution in [0.3, 0.4) is 0 Å². The molecule has 0 saturated carbocycles. The third-order valence-electron chi connectivity index (χ3n) is 4.27. The molecule has 0 aliphatic heterocycles. The van der Waals surface area contributed by atoms with E-state index in [2.05, 4.69) is 25.3 Å². The number of para-hydroxylation sites is 2. The van der Waals surface area contributed by atoms with Crippen LogP contribution in [-0.2, 0) is 17.1 Å². The zero-order valence-corrected chi connectivity index (χ0v) is 17.2. The zero-order valence-electron chi connectivity index (χ0n) is 16.4. The number of nitrogens with one attached hydrogen (secondary N) is 3. The quantitative estimate of drug-likeness (QED) is 0.414. The molecule has 2 aromatic carbocycles. The number of anilines is 5. The first-order valence-corrected chi connectivity index (χ1v) is 10.8. The lowest BCUT2D eigenvalue weighted by atomic mass is 10.2. The minimum absolute atomic E-state index is 0.0449. The fraction of sp³-hybridized carbons (Fsp3) is 0.105. The number of rotatable bonds is 6. The van der Waals surface area contributed by atoms with E-state index in [9.17, 15) is 17.6 Å². The van der Waals surface area contributed by atoms with Gasteiger partial charge in [-0.3, -0.25) is 9.29 Å². The first kappa shape index (κ1) is 20.3. The van der Waals surface area contributed by atoms with E-state index in [1.54, 1.807) is 49.5 Å². The van der Waals surface area contributed by atoms with Gasteiger partial charge in [0.25, 0.3) is 0 Å². The number of aryl methyl sites for hydroxylation is 1. The maximum atomic E-state index is 14.3. The minimum Gasteiger partial charge on any atom is -0.408 e. The summed E-state index contributed by atoms with van der Waals surface area (Å²) in [4.78, 5) is 19.7. The highest BCUT2D eigenvalue weighted by Gasteiger charge is 2.12. The first-order chi connectivity index (χ1) is 14.7. The van der Waals surface area contributed by atoms with Crippen molar-refractivity contribution in [3.8, 4) is 0 Å². The van der Waals surface area contributed by atoms with Gasteiger partial charge in [-0.2, -0.15) is 4.98 Å². The number of aromatic nitrogens is 3. The Morgan fingerprint density at radius 1 is 1.10 bits per heavy atom. The molecule has 160 valence electrons. The third kappa shape index (κ3) is 4.48. The van der Waals surface area contributed by atoms with Crippen molar-refractivity contribution in [2.45, 2.75) is 0 Å². The molecule has 31 heavy (non-hydrogen) atoms. The Hall–Kier alpha value is -3.93. The second kappa shape index (κ2) is 7.72. The molecular weight excluding hydrogens is 427 g/mol. The summed E-state index contributed by atoms with van der Waals surface area (Å²) in [6.45, 7) is 0. The summed E-state index contributed by atoms with van der Waals surface area (Å²) in [5.74, 6) is -1.27. The van der Waals surface area contributed by atoms with Crippen molar-refractivity contribution in [3.05, 3.63) is 65.0 Å². The van der Waals surface area contributed by atoms with Gasteiger partial charge < -0.3 is 15.1 Å². The topological polar surface area (TPSA) is 131 Å². The van der Waals surface area contributed by atoms with Crippen molar-refractivity contribution in [3.63, 3.8) is 0 Å². The van der Waals surface area contributed by atoms with Gasteiger partial charge in [0.15, 0.2) is 17.2 Å². The van der Waals surface area contributed by atoms with Crippen LogP contribution in [0.2, 0.25) is 0 Å². The van der Waals surface area contributed by atoms with Crippen LogP contribution in [0, 0.1) is 5.82 Å². The van der Waals surface area contributed by atoms with Crippen LogP contribution in [-0.4, -0.2) is 29.2 Å². The van der Waals surface area contributed by atoms with Crippen LogP contribution >= 0.6 is 0 Å². The molecular formula is C19H17FN6O4S.